The summed E-state index contributed by atoms with van der Waals surface area (Å²) in [6.45, 7) is 8.97. The number of benzene rings is 1. The number of carbonyl (C=O) groups excluding carboxylic acids is 5. The normalized spacial score (nSPS) is 20.1. The molecule has 2 aliphatic heterocycles. The zero-order valence-electron chi connectivity index (χ0n) is 26.9. The molecule has 1 aromatic carbocycles. The maximum Gasteiger partial charge on any atom is 0.306 e. The second-order valence-corrected chi connectivity index (χ2v) is 14.0. The quantitative estimate of drug-likeness (QED) is 0.186. The predicted octanol–water partition coefficient (Wildman–Crippen LogP) is 3.71. The van der Waals surface area contributed by atoms with E-state index < -0.39 is 5.97 Å². The minimum absolute atomic E-state index is 0.0131. The highest BCUT2D eigenvalue weighted by atomic mass is 32.2. The molecule has 4 atom stereocenters. The summed E-state index contributed by atoms with van der Waals surface area (Å²) in [4.78, 5) is 63.1. The molecule has 2 aliphatic rings. The van der Waals surface area contributed by atoms with Crippen LogP contribution >= 0.6 is 11.8 Å². The van der Waals surface area contributed by atoms with Gasteiger partial charge in [-0.05, 0) is 42.4 Å². The van der Waals surface area contributed by atoms with Crippen LogP contribution in [-0.2, 0) is 29.3 Å². The highest BCUT2D eigenvalue weighted by Crippen LogP contribution is 2.37. The van der Waals surface area contributed by atoms with Crippen LogP contribution in [0.1, 0.15) is 101 Å². The van der Waals surface area contributed by atoms with Crippen LogP contribution in [0.5, 0.6) is 0 Å². The Bertz CT molecular complexity index is 1150. The van der Waals surface area contributed by atoms with Crippen LogP contribution in [0.4, 0.5) is 0 Å². The lowest BCUT2D eigenvalue weighted by atomic mass is 9.86. The van der Waals surface area contributed by atoms with Gasteiger partial charge in [-0.1, -0.05) is 46.2 Å². The number of Topliss-reactive ketones (excluding diaryl/α,β-unsaturated/α-hetero) is 1. The first kappa shape index (κ1) is 35.6. The number of rotatable bonds is 16. The molecule has 0 radical (unpaired) electrons. The maximum atomic E-state index is 13.3. The predicted molar refractivity (Wildman–Crippen MR) is 172 cm³/mol. The lowest BCUT2D eigenvalue weighted by Gasteiger charge is -2.23. The largest absolute Gasteiger partial charge is 0.463 e. The molecule has 1 unspecified atom stereocenters. The van der Waals surface area contributed by atoms with Crippen LogP contribution in [0.3, 0.4) is 0 Å². The zero-order valence-corrected chi connectivity index (χ0v) is 27.7. The second kappa shape index (κ2) is 17.0. The third-order valence-corrected chi connectivity index (χ3v) is 9.91. The van der Waals surface area contributed by atoms with E-state index in [0.717, 1.165) is 30.6 Å². The van der Waals surface area contributed by atoms with Crippen LogP contribution in [0.25, 0.3) is 0 Å². The molecule has 10 nitrogen and oxygen atoms in total. The number of amides is 3. The van der Waals surface area contributed by atoms with E-state index in [1.807, 2.05) is 35.7 Å². The SMILES string of the molecule is CCC(COC(=O)CCC(=O)NC)NC(=O)CCC(=O)CCCC[C@@H]1SC[C@H]2[C@@H]1NCN2C(=O)c1ccc(C(C)(C)C)cc1. The fraction of sp³-hybridized carbons (Fsp3) is 0.667. The van der Waals surface area contributed by atoms with E-state index in [-0.39, 0.29) is 79.3 Å². The highest BCUT2D eigenvalue weighted by molar-refractivity contribution is 8.00. The minimum atomic E-state index is -0.487. The van der Waals surface area contributed by atoms with E-state index in [2.05, 4.69) is 48.9 Å². The lowest BCUT2D eigenvalue weighted by molar-refractivity contribution is -0.146. The summed E-state index contributed by atoms with van der Waals surface area (Å²) in [6.07, 6.45) is 4.05. The van der Waals surface area contributed by atoms with Crippen LogP contribution in [-0.4, -0.2) is 83.8 Å². The molecule has 3 rings (SSSR count). The second-order valence-electron chi connectivity index (χ2n) is 12.7. The number of fused-ring (bicyclic) bond motifs is 1. The van der Waals surface area contributed by atoms with Crippen molar-refractivity contribution in [2.24, 2.45) is 0 Å². The molecule has 244 valence electrons. The summed E-state index contributed by atoms with van der Waals surface area (Å²) in [7, 11) is 1.51. The minimum Gasteiger partial charge on any atom is -0.463 e. The summed E-state index contributed by atoms with van der Waals surface area (Å²) in [5, 5.41) is 9.25. The average molecular weight is 631 g/mol. The van der Waals surface area contributed by atoms with E-state index in [0.29, 0.717) is 24.8 Å². The number of thioether (sulfide) groups is 1. The summed E-state index contributed by atoms with van der Waals surface area (Å²) < 4.78 is 5.18. The maximum absolute atomic E-state index is 13.3. The molecule has 2 saturated heterocycles. The lowest BCUT2D eigenvalue weighted by Crippen LogP contribution is -2.40. The number of esters is 1. The van der Waals surface area contributed by atoms with Crippen molar-refractivity contribution in [1.82, 2.24) is 20.9 Å². The number of ketones is 1. The standard InChI is InChI=1S/C33H50N4O6S/c1-6-24(19-43-30(41)18-17-28(39)34-5)36-29(40)16-15-25(38)9-7-8-10-27-31-26(20-44-27)37(21-35-31)32(42)22-11-13-23(14-12-22)33(2,3)4/h11-14,24,26-27,31,35H,6-10,15-21H2,1-5H3,(H,34,39)(H,36,40)/t24?,26-,27-,31-/m0/s1. The molecule has 11 heteroatoms. The van der Waals surface area contributed by atoms with Crippen molar-refractivity contribution < 1.29 is 28.7 Å². The van der Waals surface area contributed by atoms with Gasteiger partial charge in [-0.2, -0.15) is 11.8 Å². The number of ether oxygens (including phenoxy) is 1. The summed E-state index contributed by atoms with van der Waals surface area (Å²) >= 11 is 1.90. The van der Waals surface area contributed by atoms with Crippen molar-refractivity contribution in [2.75, 3.05) is 26.1 Å². The van der Waals surface area contributed by atoms with Gasteiger partial charge < -0.3 is 20.3 Å². The molecular formula is C33H50N4O6S. The summed E-state index contributed by atoms with van der Waals surface area (Å²) in [5.41, 5.74) is 1.98. The Balaban J connectivity index is 1.30. The molecule has 44 heavy (non-hydrogen) atoms. The highest BCUT2D eigenvalue weighted by Gasteiger charge is 2.45. The Morgan fingerprint density at radius 2 is 1.70 bits per heavy atom. The zero-order chi connectivity index (χ0) is 32.3. The first-order valence-corrected chi connectivity index (χ1v) is 16.9. The first-order valence-electron chi connectivity index (χ1n) is 15.9. The van der Waals surface area contributed by atoms with Gasteiger partial charge in [-0.3, -0.25) is 29.3 Å². The molecule has 0 aromatic heterocycles. The Morgan fingerprint density at radius 1 is 1.00 bits per heavy atom. The van der Waals surface area contributed by atoms with E-state index in [4.69, 9.17) is 4.74 Å². The number of nitrogens with zero attached hydrogens (tertiary/aromatic N) is 1. The topological polar surface area (TPSA) is 134 Å². The smallest absolute Gasteiger partial charge is 0.306 e. The number of carbonyl (C=O) groups is 5. The van der Waals surface area contributed by atoms with E-state index in [1.54, 1.807) is 0 Å². The van der Waals surface area contributed by atoms with Gasteiger partial charge >= 0.3 is 5.97 Å². The van der Waals surface area contributed by atoms with E-state index in [9.17, 15) is 24.0 Å². The van der Waals surface area contributed by atoms with Crippen molar-refractivity contribution in [3.05, 3.63) is 35.4 Å². The van der Waals surface area contributed by atoms with Gasteiger partial charge in [-0.15, -0.1) is 0 Å². The molecule has 3 amide bonds. The Morgan fingerprint density at radius 3 is 2.36 bits per heavy atom. The number of hydrogen-bond donors (Lipinski definition) is 3. The molecule has 2 heterocycles. The van der Waals surface area contributed by atoms with E-state index in [1.165, 1.54) is 12.6 Å². The Hall–Kier alpha value is -2.92. The molecular weight excluding hydrogens is 580 g/mol. The molecule has 2 fully saturated rings. The van der Waals surface area contributed by atoms with Gasteiger partial charge in [-0.25, -0.2) is 0 Å². The van der Waals surface area contributed by atoms with Gasteiger partial charge in [0.15, 0.2) is 0 Å². The fourth-order valence-electron chi connectivity index (χ4n) is 5.53. The van der Waals surface area contributed by atoms with Gasteiger partial charge in [0.05, 0.1) is 25.2 Å². The van der Waals surface area contributed by atoms with E-state index >= 15 is 0 Å². The third kappa shape index (κ3) is 10.6. The van der Waals surface area contributed by atoms with Gasteiger partial charge in [0, 0.05) is 55.3 Å². The number of nitrogens with one attached hydrogen (secondary N) is 3. The third-order valence-electron chi connectivity index (χ3n) is 8.42. The van der Waals surface area contributed by atoms with Crippen LogP contribution in [0.15, 0.2) is 24.3 Å². The van der Waals surface area contributed by atoms with Gasteiger partial charge in [0.1, 0.15) is 12.4 Å². The van der Waals surface area contributed by atoms with Gasteiger partial charge in [0.2, 0.25) is 11.8 Å². The molecule has 0 spiro atoms. The number of hydrogen-bond acceptors (Lipinski definition) is 8. The van der Waals surface area contributed by atoms with Crippen LogP contribution in [0, 0.1) is 0 Å². The van der Waals surface area contributed by atoms with Crippen molar-refractivity contribution >= 4 is 41.2 Å². The van der Waals surface area contributed by atoms with Crippen LogP contribution in [0.2, 0.25) is 0 Å². The molecule has 0 aliphatic carbocycles. The molecule has 1 aromatic rings. The molecule has 0 saturated carbocycles. The fourth-order valence-corrected chi connectivity index (χ4v) is 7.18. The van der Waals surface area contributed by atoms with Crippen molar-refractivity contribution in [2.45, 2.75) is 114 Å². The van der Waals surface area contributed by atoms with Crippen molar-refractivity contribution in [3.8, 4) is 0 Å². The first-order chi connectivity index (χ1) is 20.9. The summed E-state index contributed by atoms with van der Waals surface area (Å²) in [5.74, 6) is 0.0959. The monoisotopic (exact) mass is 630 g/mol. The van der Waals surface area contributed by atoms with Crippen LogP contribution < -0.4 is 16.0 Å². The molecule has 3 N–H and O–H groups in total. The Labute approximate surface area is 266 Å². The molecule has 0 bridgehead atoms. The van der Waals surface area contributed by atoms with Crippen molar-refractivity contribution in [1.29, 1.82) is 0 Å². The summed E-state index contributed by atoms with van der Waals surface area (Å²) in [6, 6.07) is 8.09. The Kier molecular flexibility index (Phi) is 13.7. The van der Waals surface area contributed by atoms with Gasteiger partial charge in [0.25, 0.3) is 5.91 Å². The van der Waals surface area contributed by atoms with Crippen molar-refractivity contribution in [3.63, 3.8) is 0 Å². The average Bonchev–Trinajstić information content (AvgIpc) is 3.61. The number of unbranched alkanes of at least 4 members (excludes halogenated alkanes) is 1.